The molecular weight excluding hydrogens is 304 g/mol. The predicted molar refractivity (Wildman–Crippen MR) is 82.1 cm³/mol. The molecule has 126 valence electrons. The van der Waals surface area contributed by atoms with Gasteiger partial charge in [0.05, 0.1) is 19.9 Å². The highest BCUT2D eigenvalue weighted by Gasteiger charge is 2.17. The van der Waals surface area contributed by atoms with Crippen LogP contribution < -0.4 is 4.74 Å². The third-order valence-corrected chi connectivity index (χ3v) is 3.50. The normalized spacial score (nSPS) is 11.2. The number of methoxy groups -OCH3 is 2. The number of hydrogen-bond donors (Lipinski definition) is 0. The fourth-order valence-electron chi connectivity index (χ4n) is 2.37. The Hall–Kier alpha value is -1.99. The van der Waals surface area contributed by atoms with Gasteiger partial charge in [0, 0.05) is 51.1 Å². The summed E-state index contributed by atoms with van der Waals surface area (Å²) in [5.41, 5.74) is 1.39. The minimum Gasteiger partial charge on any atom is -0.491 e. The third kappa shape index (κ3) is 4.49. The van der Waals surface area contributed by atoms with Gasteiger partial charge in [0.1, 0.15) is 0 Å². The molecule has 0 spiro atoms. The van der Waals surface area contributed by atoms with Crippen molar-refractivity contribution in [1.29, 1.82) is 0 Å². The van der Waals surface area contributed by atoms with Crippen molar-refractivity contribution in [3.05, 3.63) is 47.3 Å². The monoisotopic (exact) mass is 325 g/mol. The molecule has 0 bridgehead atoms. The Kier molecular flexibility index (Phi) is 6.06. The van der Waals surface area contributed by atoms with Crippen molar-refractivity contribution < 1.29 is 18.3 Å². The van der Waals surface area contributed by atoms with Crippen LogP contribution in [0.1, 0.15) is 11.1 Å². The van der Waals surface area contributed by atoms with Crippen molar-refractivity contribution in [2.45, 2.75) is 13.1 Å². The minimum absolute atomic E-state index is 0.320. The molecule has 5 nitrogen and oxygen atoms in total. The first kappa shape index (κ1) is 17.4. The Morgan fingerprint density at radius 2 is 2.00 bits per heavy atom. The van der Waals surface area contributed by atoms with Crippen LogP contribution in [0.25, 0.3) is 0 Å². The smallest absolute Gasteiger partial charge is 0.190 e. The molecule has 2 rings (SSSR count). The molecular formula is C16H21F2N3O2. The molecule has 0 saturated carbocycles. The van der Waals surface area contributed by atoms with Gasteiger partial charge >= 0.3 is 0 Å². The fourth-order valence-corrected chi connectivity index (χ4v) is 2.37. The molecule has 0 N–H and O–H groups in total. The van der Waals surface area contributed by atoms with Crippen LogP contribution in [-0.2, 0) is 24.9 Å². The summed E-state index contributed by atoms with van der Waals surface area (Å²) < 4.78 is 39.4. The number of hydrogen-bond acceptors (Lipinski definition) is 4. The maximum absolute atomic E-state index is 14.3. The van der Waals surface area contributed by atoms with E-state index in [1.807, 2.05) is 18.1 Å². The molecule has 23 heavy (non-hydrogen) atoms. The Labute approximate surface area is 134 Å². The standard InChI is InChI=1S/C16H21F2N3O2/c1-20-9-12(8-19-20)10-21(6-7-22-2)11-13-4-5-14(17)16(23-3)15(13)18/h4-5,8-9H,6-7,10-11H2,1-3H3. The number of rotatable bonds is 8. The summed E-state index contributed by atoms with van der Waals surface area (Å²) in [6.45, 7) is 2.04. The first-order chi connectivity index (χ1) is 11.0. The molecule has 0 aliphatic heterocycles. The molecule has 1 aromatic heterocycles. The number of aryl methyl sites for hydroxylation is 1. The van der Waals surface area contributed by atoms with Crippen molar-refractivity contribution in [3.8, 4) is 5.75 Å². The van der Waals surface area contributed by atoms with Gasteiger partial charge in [-0.15, -0.1) is 0 Å². The highest BCUT2D eigenvalue weighted by atomic mass is 19.1. The maximum Gasteiger partial charge on any atom is 0.190 e. The molecule has 1 aromatic carbocycles. The lowest BCUT2D eigenvalue weighted by molar-refractivity contribution is 0.139. The Morgan fingerprint density at radius 1 is 1.22 bits per heavy atom. The van der Waals surface area contributed by atoms with E-state index in [2.05, 4.69) is 5.10 Å². The van der Waals surface area contributed by atoms with Gasteiger partial charge in [0.25, 0.3) is 0 Å². The zero-order chi connectivity index (χ0) is 16.8. The zero-order valence-corrected chi connectivity index (χ0v) is 13.6. The quantitative estimate of drug-likeness (QED) is 0.747. The average molecular weight is 325 g/mol. The molecule has 0 saturated heterocycles. The van der Waals surface area contributed by atoms with E-state index in [1.165, 1.54) is 19.2 Å². The first-order valence-electron chi connectivity index (χ1n) is 7.24. The second-order valence-electron chi connectivity index (χ2n) is 5.28. The van der Waals surface area contributed by atoms with Gasteiger partial charge in [-0.1, -0.05) is 6.07 Å². The number of ether oxygens (including phenoxy) is 2. The van der Waals surface area contributed by atoms with Gasteiger partial charge < -0.3 is 9.47 Å². The van der Waals surface area contributed by atoms with Gasteiger partial charge in [-0.3, -0.25) is 9.58 Å². The number of aromatic nitrogens is 2. The fraction of sp³-hybridized carbons (Fsp3) is 0.438. The van der Waals surface area contributed by atoms with E-state index in [1.54, 1.807) is 18.0 Å². The van der Waals surface area contributed by atoms with E-state index in [9.17, 15) is 8.78 Å². The van der Waals surface area contributed by atoms with Crippen LogP contribution in [0.4, 0.5) is 8.78 Å². The SMILES string of the molecule is COCCN(Cc1cnn(C)c1)Cc1ccc(F)c(OC)c1F. The number of nitrogens with zero attached hydrogens (tertiary/aromatic N) is 3. The van der Waals surface area contributed by atoms with Crippen LogP contribution in [0.15, 0.2) is 24.5 Å². The Bertz CT molecular complexity index is 646. The maximum atomic E-state index is 14.3. The molecule has 1 heterocycles. The molecule has 2 aromatic rings. The van der Waals surface area contributed by atoms with Gasteiger partial charge in [-0.2, -0.15) is 5.10 Å². The van der Waals surface area contributed by atoms with Gasteiger partial charge in [-0.25, -0.2) is 8.78 Å². The van der Waals surface area contributed by atoms with Gasteiger partial charge in [0.2, 0.25) is 0 Å². The second kappa shape index (κ2) is 8.03. The molecule has 0 unspecified atom stereocenters. The molecule has 0 fully saturated rings. The van der Waals surface area contributed by atoms with E-state index in [-0.39, 0.29) is 5.75 Å². The third-order valence-electron chi connectivity index (χ3n) is 3.50. The molecule has 7 heteroatoms. The highest BCUT2D eigenvalue weighted by Crippen LogP contribution is 2.25. The Balaban J connectivity index is 2.17. The molecule has 0 aliphatic carbocycles. The summed E-state index contributed by atoms with van der Waals surface area (Å²) >= 11 is 0. The Morgan fingerprint density at radius 3 is 2.61 bits per heavy atom. The van der Waals surface area contributed by atoms with E-state index >= 15 is 0 Å². The topological polar surface area (TPSA) is 39.5 Å². The predicted octanol–water partition coefficient (Wildman–Crippen LogP) is 2.36. The van der Waals surface area contributed by atoms with E-state index < -0.39 is 11.6 Å². The van der Waals surface area contributed by atoms with Crippen molar-refractivity contribution in [3.63, 3.8) is 0 Å². The first-order valence-corrected chi connectivity index (χ1v) is 7.24. The summed E-state index contributed by atoms with van der Waals surface area (Å²) in [6.07, 6.45) is 3.67. The molecule has 0 radical (unpaired) electrons. The van der Waals surface area contributed by atoms with Crippen molar-refractivity contribution in [1.82, 2.24) is 14.7 Å². The van der Waals surface area contributed by atoms with E-state index in [0.717, 1.165) is 5.56 Å². The summed E-state index contributed by atoms with van der Waals surface area (Å²) in [6, 6.07) is 2.66. The van der Waals surface area contributed by atoms with Crippen LogP contribution in [0, 0.1) is 11.6 Å². The zero-order valence-electron chi connectivity index (χ0n) is 13.6. The molecule has 0 aliphatic rings. The largest absolute Gasteiger partial charge is 0.491 e. The van der Waals surface area contributed by atoms with Crippen molar-refractivity contribution >= 4 is 0 Å². The number of benzene rings is 1. The van der Waals surface area contributed by atoms with Crippen LogP contribution in [0.3, 0.4) is 0 Å². The lowest BCUT2D eigenvalue weighted by Gasteiger charge is -2.22. The van der Waals surface area contributed by atoms with Crippen LogP contribution in [0.5, 0.6) is 5.75 Å². The summed E-state index contributed by atoms with van der Waals surface area (Å²) in [4.78, 5) is 2.01. The van der Waals surface area contributed by atoms with Crippen LogP contribution >= 0.6 is 0 Å². The summed E-state index contributed by atoms with van der Waals surface area (Å²) in [5, 5.41) is 4.13. The summed E-state index contributed by atoms with van der Waals surface area (Å²) in [7, 11) is 4.71. The van der Waals surface area contributed by atoms with Crippen LogP contribution in [-0.4, -0.2) is 42.1 Å². The van der Waals surface area contributed by atoms with E-state index in [0.29, 0.717) is 31.8 Å². The second-order valence-corrected chi connectivity index (χ2v) is 5.28. The van der Waals surface area contributed by atoms with Crippen LogP contribution in [0.2, 0.25) is 0 Å². The number of halogens is 2. The van der Waals surface area contributed by atoms with Crippen molar-refractivity contribution in [2.75, 3.05) is 27.4 Å². The lowest BCUT2D eigenvalue weighted by Crippen LogP contribution is -2.27. The van der Waals surface area contributed by atoms with Gasteiger partial charge in [-0.05, 0) is 6.07 Å². The summed E-state index contributed by atoms with van der Waals surface area (Å²) in [5.74, 6) is -1.72. The van der Waals surface area contributed by atoms with E-state index in [4.69, 9.17) is 9.47 Å². The lowest BCUT2D eigenvalue weighted by atomic mass is 10.1. The molecule has 0 atom stereocenters. The minimum atomic E-state index is -0.704. The highest BCUT2D eigenvalue weighted by molar-refractivity contribution is 5.32. The average Bonchev–Trinajstić information content (AvgIpc) is 2.93. The molecule has 0 amide bonds. The van der Waals surface area contributed by atoms with Crippen molar-refractivity contribution in [2.24, 2.45) is 7.05 Å². The van der Waals surface area contributed by atoms with Gasteiger partial charge in [0.15, 0.2) is 17.4 Å².